The molecule has 112 valence electrons. The number of nitrogens with one attached hydrogen (secondary N) is 1. The standard InChI is InChI=1S/C12H17NO6S/c1-2-19-9-3-5-10(6-4-9)20(17,18)13-11(7-8-14)12(15)16/h3-6,11,13-14H,2,7-8H2,1H3,(H,15,16)/t11-/m0/s1. The molecule has 0 aliphatic carbocycles. The van der Waals surface area contributed by atoms with E-state index in [0.29, 0.717) is 12.4 Å². The second-order valence-corrected chi connectivity index (χ2v) is 5.64. The first-order chi connectivity index (χ1) is 9.40. The number of benzene rings is 1. The Morgan fingerprint density at radius 1 is 1.35 bits per heavy atom. The van der Waals surface area contributed by atoms with Gasteiger partial charge in [0.15, 0.2) is 0 Å². The number of carbonyl (C=O) groups is 1. The maximum Gasteiger partial charge on any atom is 0.321 e. The summed E-state index contributed by atoms with van der Waals surface area (Å²) < 4.78 is 31.2. The summed E-state index contributed by atoms with van der Waals surface area (Å²) in [7, 11) is -3.96. The molecule has 20 heavy (non-hydrogen) atoms. The number of carboxylic acid groups (broad SMARTS) is 1. The fraction of sp³-hybridized carbons (Fsp3) is 0.417. The van der Waals surface area contributed by atoms with Gasteiger partial charge in [-0.25, -0.2) is 8.42 Å². The van der Waals surface area contributed by atoms with Crippen molar-refractivity contribution in [1.29, 1.82) is 0 Å². The Balaban J connectivity index is 2.89. The van der Waals surface area contributed by atoms with Crippen molar-refractivity contribution < 1.29 is 28.2 Å². The van der Waals surface area contributed by atoms with Gasteiger partial charge in [-0.3, -0.25) is 4.79 Å². The van der Waals surface area contributed by atoms with Crippen LogP contribution >= 0.6 is 0 Å². The van der Waals surface area contributed by atoms with Crippen LogP contribution in [0.25, 0.3) is 0 Å². The number of aliphatic carboxylic acids is 1. The first-order valence-electron chi connectivity index (χ1n) is 5.99. The van der Waals surface area contributed by atoms with Gasteiger partial charge in [0.2, 0.25) is 10.0 Å². The van der Waals surface area contributed by atoms with Gasteiger partial charge in [-0.15, -0.1) is 0 Å². The minimum Gasteiger partial charge on any atom is -0.494 e. The van der Waals surface area contributed by atoms with Crippen LogP contribution in [0.3, 0.4) is 0 Å². The number of rotatable bonds is 8. The highest BCUT2D eigenvalue weighted by Gasteiger charge is 2.24. The van der Waals surface area contributed by atoms with E-state index >= 15 is 0 Å². The van der Waals surface area contributed by atoms with E-state index in [1.807, 2.05) is 4.72 Å². The van der Waals surface area contributed by atoms with E-state index in [4.69, 9.17) is 14.9 Å². The van der Waals surface area contributed by atoms with E-state index in [0.717, 1.165) is 0 Å². The van der Waals surface area contributed by atoms with Gasteiger partial charge in [0.1, 0.15) is 11.8 Å². The van der Waals surface area contributed by atoms with Gasteiger partial charge in [-0.1, -0.05) is 0 Å². The van der Waals surface area contributed by atoms with Gasteiger partial charge in [-0.05, 0) is 37.6 Å². The summed E-state index contributed by atoms with van der Waals surface area (Å²) in [5, 5.41) is 17.6. The molecule has 0 radical (unpaired) electrons. The van der Waals surface area contributed by atoms with E-state index < -0.39 is 28.6 Å². The Kier molecular flexibility index (Phi) is 5.93. The quantitative estimate of drug-likeness (QED) is 0.632. The Bertz CT molecular complexity index is 540. The van der Waals surface area contributed by atoms with E-state index in [1.54, 1.807) is 6.92 Å². The van der Waals surface area contributed by atoms with Crippen molar-refractivity contribution in [3.63, 3.8) is 0 Å². The first-order valence-corrected chi connectivity index (χ1v) is 7.48. The fourth-order valence-electron chi connectivity index (χ4n) is 1.50. The summed E-state index contributed by atoms with van der Waals surface area (Å²) in [6.45, 7) is 1.84. The predicted octanol–water partition coefficient (Wildman–Crippen LogP) is 0.199. The molecule has 0 aliphatic heterocycles. The van der Waals surface area contributed by atoms with E-state index in [2.05, 4.69) is 0 Å². The van der Waals surface area contributed by atoms with Crippen LogP contribution in [0.1, 0.15) is 13.3 Å². The number of hydrogen-bond donors (Lipinski definition) is 3. The number of aliphatic hydroxyl groups excluding tert-OH is 1. The molecule has 0 aliphatic rings. The van der Waals surface area contributed by atoms with Crippen molar-refractivity contribution in [2.24, 2.45) is 0 Å². The molecule has 0 aromatic heterocycles. The van der Waals surface area contributed by atoms with Crippen molar-refractivity contribution in [2.75, 3.05) is 13.2 Å². The van der Waals surface area contributed by atoms with Crippen LogP contribution in [0.15, 0.2) is 29.2 Å². The van der Waals surface area contributed by atoms with Crippen molar-refractivity contribution >= 4 is 16.0 Å². The summed E-state index contributed by atoms with van der Waals surface area (Å²) >= 11 is 0. The molecule has 0 saturated heterocycles. The molecule has 0 spiro atoms. The zero-order valence-corrected chi connectivity index (χ0v) is 11.8. The Hall–Kier alpha value is -1.64. The van der Waals surface area contributed by atoms with Gasteiger partial charge in [0, 0.05) is 6.61 Å². The molecule has 3 N–H and O–H groups in total. The van der Waals surface area contributed by atoms with Crippen LogP contribution in [0.4, 0.5) is 0 Å². The first kappa shape index (κ1) is 16.4. The third-order valence-electron chi connectivity index (χ3n) is 2.46. The van der Waals surface area contributed by atoms with Crippen molar-refractivity contribution in [3.8, 4) is 5.75 Å². The normalized spacial score (nSPS) is 12.9. The topological polar surface area (TPSA) is 113 Å². The largest absolute Gasteiger partial charge is 0.494 e. The highest BCUT2D eigenvalue weighted by Crippen LogP contribution is 2.16. The predicted molar refractivity (Wildman–Crippen MR) is 71.1 cm³/mol. The Morgan fingerprint density at radius 2 is 1.95 bits per heavy atom. The molecule has 0 amide bonds. The van der Waals surface area contributed by atoms with E-state index in [9.17, 15) is 13.2 Å². The van der Waals surface area contributed by atoms with Crippen LogP contribution in [0.2, 0.25) is 0 Å². The number of carboxylic acids is 1. The Morgan fingerprint density at radius 3 is 2.40 bits per heavy atom. The molecule has 1 aromatic carbocycles. The molecule has 0 fully saturated rings. The summed E-state index contributed by atoms with van der Waals surface area (Å²) in [5.74, 6) is -0.815. The maximum atomic E-state index is 12.0. The van der Waals surface area contributed by atoms with Gasteiger partial charge in [-0.2, -0.15) is 4.72 Å². The fourth-order valence-corrected chi connectivity index (χ4v) is 2.72. The molecule has 0 heterocycles. The Labute approximate surface area is 117 Å². The van der Waals surface area contributed by atoms with Crippen LogP contribution in [-0.2, 0) is 14.8 Å². The lowest BCUT2D eigenvalue weighted by Crippen LogP contribution is -2.41. The third-order valence-corrected chi connectivity index (χ3v) is 3.95. The maximum absolute atomic E-state index is 12.0. The molecule has 0 bridgehead atoms. The lowest BCUT2D eigenvalue weighted by atomic mass is 10.2. The zero-order valence-electron chi connectivity index (χ0n) is 10.9. The molecule has 8 heteroatoms. The van der Waals surface area contributed by atoms with Crippen LogP contribution < -0.4 is 9.46 Å². The van der Waals surface area contributed by atoms with Gasteiger partial charge in [0.25, 0.3) is 0 Å². The molecule has 1 aromatic rings. The summed E-state index contributed by atoms with van der Waals surface area (Å²) in [4.78, 5) is 10.8. The minimum atomic E-state index is -3.96. The van der Waals surface area contributed by atoms with E-state index in [-0.39, 0.29) is 11.3 Å². The van der Waals surface area contributed by atoms with Gasteiger partial charge in [0.05, 0.1) is 11.5 Å². The van der Waals surface area contributed by atoms with Crippen LogP contribution in [0, 0.1) is 0 Å². The third kappa shape index (κ3) is 4.48. The van der Waals surface area contributed by atoms with Crippen molar-refractivity contribution in [1.82, 2.24) is 4.72 Å². The number of sulfonamides is 1. The van der Waals surface area contributed by atoms with E-state index in [1.165, 1.54) is 24.3 Å². The lowest BCUT2D eigenvalue weighted by molar-refractivity contribution is -0.139. The molecule has 0 saturated carbocycles. The smallest absolute Gasteiger partial charge is 0.321 e. The molecular formula is C12H17NO6S. The number of ether oxygens (including phenoxy) is 1. The second kappa shape index (κ2) is 7.22. The molecule has 1 atom stereocenters. The van der Waals surface area contributed by atoms with Crippen LogP contribution in [0.5, 0.6) is 5.75 Å². The average Bonchev–Trinajstić information content (AvgIpc) is 2.39. The highest BCUT2D eigenvalue weighted by atomic mass is 32.2. The van der Waals surface area contributed by atoms with Crippen LogP contribution in [-0.4, -0.2) is 43.9 Å². The monoisotopic (exact) mass is 303 g/mol. The summed E-state index contributed by atoms with van der Waals surface area (Å²) in [6.07, 6.45) is -0.203. The number of aliphatic hydroxyl groups is 1. The van der Waals surface area contributed by atoms with Crippen molar-refractivity contribution in [3.05, 3.63) is 24.3 Å². The zero-order chi connectivity index (χ0) is 15.2. The summed E-state index contributed by atoms with van der Waals surface area (Å²) in [6, 6.07) is 4.26. The lowest BCUT2D eigenvalue weighted by Gasteiger charge is -2.13. The molecule has 1 rings (SSSR count). The molecule has 7 nitrogen and oxygen atoms in total. The molecule has 0 unspecified atom stereocenters. The van der Waals surface area contributed by atoms with Gasteiger partial charge < -0.3 is 14.9 Å². The average molecular weight is 303 g/mol. The second-order valence-electron chi connectivity index (χ2n) is 3.93. The minimum absolute atomic E-state index is 0.0647. The molecular weight excluding hydrogens is 286 g/mol. The highest BCUT2D eigenvalue weighted by molar-refractivity contribution is 7.89. The summed E-state index contributed by atoms with van der Waals surface area (Å²) in [5.41, 5.74) is 0. The number of hydrogen-bond acceptors (Lipinski definition) is 5. The van der Waals surface area contributed by atoms with Crippen molar-refractivity contribution in [2.45, 2.75) is 24.3 Å². The SMILES string of the molecule is CCOc1ccc(S(=O)(=O)N[C@@H](CCO)C(=O)O)cc1. The van der Waals surface area contributed by atoms with Gasteiger partial charge >= 0.3 is 5.97 Å².